The summed E-state index contributed by atoms with van der Waals surface area (Å²) < 4.78 is 0. The van der Waals surface area contributed by atoms with E-state index in [1.54, 1.807) is 22.7 Å². The zero-order valence-electron chi connectivity index (χ0n) is 15.8. The summed E-state index contributed by atoms with van der Waals surface area (Å²) in [6.07, 6.45) is 0. The van der Waals surface area contributed by atoms with E-state index in [0.29, 0.717) is 0 Å². The third-order valence-electron chi connectivity index (χ3n) is 5.66. The maximum atomic E-state index is 14.1. The van der Waals surface area contributed by atoms with Gasteiger partial charge in [-0.1, -0.05) is 72.8 Å². The van der Waals surface area contributed by atoms with E-state index in [0.717, 1.165) is 11.1 Å². The minimum absolute atomic E-state index is 0.0306. The fourth-order valence-corrected chi connectivity index (χ4v) is 6.02. The lowest BCUT2D eigenvalue weighted by molar-refractivity contribution is -0.125. The lowest BCUT2D eigenvalue weighted by Gasteiger charge is -2.41. The molecule has 29 heavy (non-hydrogen) atoms. The number of carbonyl (C=O) groups is 1. The fraction of sp³-hybridized carbons (Fsp3) is 0.160. The number of hydrogen-bond acceptors (Lipinski definition) is 4. The Hall–Kier alpha value is -2.53. The molecular weight excluding hydrogens is 394 g/mol. The van der Waals surface area contributed by atoms with Crippen LogP contribution in [0.4, 0.5) is 0 Å². The van der Waals surface area contributed by atoms with Crippen molar-refractivity contribution in [3.63, 3.8) is 0 Å². The van der Waals surface area contributed by atoms with Crippen molar-refractivity contribution in [1.29, 1.82) is 0 Å². The van der Waals surface area contributed by atoms with E-state index in [-0.39, 0.29) is 29.7 Å². The average Bonchev–Trinajstić information content (AvgIpc) is 3.49. The van der Waals surface area contributed by atoms with Crippen molar-refractivity contribution in [2.45, 2.75) is 23.9 Å². The van der Waals surface area contributed by atoms with E-state index in [1.165, 1.54) is 9.75 Å². The average molecular weight is 416 g/mol. The number of thiophene rings is 2. The molecule has 2 aromatic heterocycles. The highest BCUT2D eigenvalue weighted by Gasteiger charge is 2.46. The first-order valence-corrected chi connectivity index (χ1v) is 11.6. The molecule has 1 aliphatic rings. The number of benzene rings is 2. The number of piperidine rings is 1. The summed E-state index contributed by atoms with van der Waals surface area (Å²) in [6, 6.07) is 28.8. The first-order valence-electron chi connectivity index (χ1n) is 9.79. The number of hydrogen-bond donors (Lipinski definition) is 1. The zero-order chi connectivity index (χ0) is 19.6. The van der Waals surface area contributed by atoms with Crippen molar-refractivity contribution < 1.29 is 4.79 Å². The molecule has 0 amide bonds. The van der Waals surface area contributed by atoms with Crippen molar-refractivity contribution in [2.24, 2.45) is 0 Å². The van der Waals surface area contributed by atoms with Gasteiger partial charge in [0.05, 0.1) is 23.9 Å². The van der Waals surface area contributed by atoms with Crippen LogP contribution in [0.3, 0.4) is 0 Å². The molecule has 1 saturated heterocycles. The Bertz CT molecular complexity index is 973. The van der Waals surface area contributed by atoms with Gasteiger partial charge in [-0.25, -0.2) is 0 Å². The van der Waals surface area contributed by atoms with Crippen molar-refractivity contribution >= 4 is 28.5 Å². The smallest absolute Gasteiger partial charge is 0.151 e. The van der Waals surface area contributed by atoms with Crippen LogP contribution in [-0.4, -0.2) is 5.78 Å². The van der Waals surface area contributed by atoms with E-state index in [4.69, 9.17) is 0 Å². The minimum atomic E-state index is -0.212. The van der Waals surface area contributed by atoms with Gasteiger partial charge in [-0.05, 0) is 34.0 Å². The summed E-state index contributed by atoms with van der Waals surface area (Å²) >= 11 is 3.43. The van der Waals surface area contributed by atoms with Crippen LogP contribution >= 0.6 is 22.7 Å². The van der Waals surface area contributed by atoms with Crippen molar-refractivity contribution in [3.8, 4) is 0 Å². The molecule has 1 fully saturated rings. The van der Waals surface area contributed by atoms with E-state index >= 15 is 0 Å². The molecule has 3 heterocycles. The van der Waals surface area contributed by atoms with Gasteiger partial charge < -0.3 is 0 Å². The van der Waals surface area contributed by atoms with Crippen LogP contribution < -0.4 is 5.32 Å². The largest absolute Gasteiger partial charge is 0.300 e. The second-order valence-corrected chi connectivity index (χ2v) is 9.29. The molecule has 0 spiro atoms. The standard InChI is InChI=1S/C25H21NOS2/c27-25-21(17-9-3-1-4-10-17)23(19-13-7-15-28-19)26-24(20-14-8-16-29-20)22(25)18-11-5-2-6-12-18/h1-16,21-24,26H/t21-,22+,23-,24-/m0/s1. The van der Waals surface area contributed by atoms with Gasteiger partial charge in [0.1, 0.15) is 0 Å². The molecule has 2 aromatic carbocycles. The van der Waals surface area contributed by atoms with Crippen LogP contribution in [0.15, 0.2) is 95.7 Å². The molecule has 4 heteroatoms. The molecule has 144 valence electrons. The topological polar surface area (TPSA) is 29.1 Å². The summed E-state index contributed by atoms with van der Waals surface area (Å²) in [4.78, 5) is 16.5. The molecule has 1 aliphatic heterocycles. The Balaban J connectivity index is 1.66. The first-order chi connectivity index (χ1) is 14.3. The summed E-state index contributed by atoms with van der Waals surface area (Å²) in [7, 11) is 0. The van der Waals surface area contributed by atoms with E-state index in [1.807, 2.05) is 36.4 Å². The Morgan fingerprint density at radius 3 is 1.41 bits per heavy atom. The molecule has 0 aliphatic carbocycles. The summed E-state index contributed by atoms with van der Waals surface area (Å²) in [5.74, 6) is -0.134. The molecule has 0 radical (unpaired) electrons. The number of rotatable bonds is 4. The summed E-state index contributed by atoms with van der Waals surface area (Å²) in [6.45, 7) is 0. The van der Waals surface area contributed by atoms with Crippen molar-refractivity contribution in [2.75, 3.05) is 0 Å². The van der Waals surface area contributed by atoms with Gasteiger partial charge >= 0.3 is 0 Å². The summed E-state index contributed by atoms with van der Waals surface area (Å²) in [5, 5.41) is 8.07. The van der Waals surface area contributed by atoms with Crippen molar-refractivity contribution in [1.82, 2.24) is 5.32 Å². The first kappa shape index (κ1) is 18.5. The van der Waals surface area contributed by atoms with Gasteiger partial charge in [-0.3, -0.25) is 10.1 Å². The van der Waals surface area contributed by atoms with Crippen molar-refractivity contribution in [3.05, 3.63) is 117 Å². The monoisotopic (exact) mass is 415 g/mol. The van der Waals surface area contributed by atoms with Gasteiger partial charge in [-0.15, -0.1) is 22.7 Å². The summed E-state index contributed by atoms with van der Waals surface area (Å²) in [5.41, 5.74) is 2.16. The van der Waals surface area contributed by atoms with E-state index in [2.05, 4.69) is 64.6 Å². The van der Waals surface area contributed by atoms with E-state index < -0.39 is 0 Å². The molecular formula is C25H21NOS2. The SMILES string of the molecule is O=C1[C@H](c2ccccc2)[C@H](c2cccs2)N[C@@H](c2cccs2)[C@@H]1c1ccccc1. The second kappa shape index (κ2) is 8.07. The molecule has 4 aromatic rings. The number of ketones is 1. The highest BCUT2D eigenvalue weighted by molar-refractivity contribution is 7.10. The third-order valence-corrected chi connectivity index (χ3v) is 7.57. The number of nitrogens with one attached hydrogen (secondary N) is 1. The van der Waals surface area contributed by atoms with Crippen LogP contribution in [0.2, 0.25) is 0 Å². The predicted molar refractivity (Wildman–Crippen MR) is 121 cm³/mol. The quantitative estimate of drug-likeness (QED) is 0.422. The Labute approximate surface area is 178 Å². The molecule has 0 bridgehead atoms. The Kier molecular flexibility index (Phi) is 5.15. The van der Waals surface area contributed by atoms with Crippen LogP contribution in [0.25, 0.3) is 0 Å². The van der Waals surface area contributed by atoms with E-state index in [9.17, 15) is 4.79 Å². The molecule has 4 atom stereocenters. The van der Waals surface area contributed by atoms with Crippen LogP contribution in [-0.2, 0) is 4.79 Å². The number of carbonyl (C=O) groups excluding carboxylic acids is 1. The number of Topliss-reactive ketones (excluding diaryl/α,β-unsaturated/α-hetero) is 1. The maximum absolute atomic E-state index is 14.1. The van der Waals surface area contributed by atoms with Gasteiger partial charge in [-0.2, -0.15) is 0 Å². The second-order valence-electron chi connectivity index (χ2n) is 7.33. The van der Waals surface area contributed by atoms with Crippen LogP contribution in [0, 0.1) is 0 Å². The van der Waals surface area contributed by atoms with Gasteiger partial charge in [0.25, 0.3) is 0 Å². The van der Waals surface area contributed by atoms with Crippen LogP contribution in [0.5, 0.6) is 0 Å². The highest BCUT2D eigenvalue weighted by Crippen LogP contribution is 2.48. The van der Waals surface area contributed by atoms with Crippen LogP contribution in [0.1, 0.15) is 44.8 Å². The Morgan fingerprint density at radius 1 is 0.586 bits per heavy atom. The normalized spacial score (nSPS) is 24.5. The van der Waals surface area contributed by atoms with Gasteiger partial charge in [0, 0.05) is 9.75 Å². The third kappa shape index (κ3) is 3.48. The van der Waals surface area contributed by atoms with Gasteiger partial charge in [0.15, 0.2) is 5.78 Å². The lowest BCUT2D eigenvalue weighted by atomic mass is 9.72. The maximum Gasteiger partial charge on any atom is 0.151 e. The molecule has 1 N–H and O–H groups in total. The predicted octanol–water partition coefficient (Wildman–Crippen LogP) is 6.33. The molecule has 0 saturated carbocycles. The molecule has 0 unspecified atom stereocenters. The molecule has 2 nitrogen and oxygen atoms in total. The lowest BCUT2D eigenvalue weighted by Crippen LogP contribution is -2.45. The highest BCUT2D eigenvalue weighted by atomic mass is 32.1. The zero-order valence-corrected chi connectivity index (χ0v) is 17.4. The van der Waals surface area contributed by atoms with Gasteiger partial charge in [0.2, 0.25) is 0 Å². The minimum Gasteiger partial charge on any atom is -0.300 e. The fourth-order valence-electron chi connectivity index (χ4n) is 4.37. The Morgan fingerprint density at radius 2 is 1.03 bits per heavy atom. The molecule has 5 rings (SSSR count).